The van der Waals surface area contributed by atoms with Crippen molar-refractivity contribution >= 4 is 17.1 Å². The quantitative estimate of drug-likeness (QED) is 0.489. The van der Waals surface area contributed by atoms with E-state index in [0.29, 0.717) is 43.9 Å². The molecule has 0 unspecified atom stereocenters. The van der Waals surface area contributed by atoms with Crippen molar-refractivity contribution in [2.75, 3.05) is 26.9 Å². The maximum Gasteiger partial charge on any atom is 0.328 e. The Morgan fingerprint density at radius 2 is 2.10 bits per heavy atom. The number of likely N-dealkylation sites (tertiary alicyclic amines) is 1. The molecule has 4 rings (SSSR count). The first-order valence-electron chi connectivity index (χ1n) is 10.2. The average Bonchev–Trinajstić information content (AvgIpc) is 3.33. The van der Waals surface area contributed by atoms with Crippen LogP contribution in [0.2, 0.25) is 0 Å². The first kappa shape index (κ1) is 21.0. The van der Waals surface area contributed by atoms with E-state index in [1.54, 1.807) is 7.11 Å². The number of fused-ring (bicyclic) bond motifs is 1. The highest BCUT2D eigenvalue weighted by Crippen LogP contribution is 2.21. The van der Waals surface area contributed by atoms with Crippen LogP contribution in [0, 0.1) is 0 Å². The molecule has 0 aliphatic carbocycles. The fourth-order valence-corrected chi connectivity index (χ4v) is 3.90. The first-order chi connectivity index (χ1) is 15.0. The normalized spacial score (nSPS) is 16.7. The van der Waals surface area contributed by atoms with Gasteiger partial charge in [-0.3, -0.25) is 14.3 Å². The Bertz CT molecular complexity index is 1120. The molecule has 3 heterocycles. The predicted molar refractivity (Wildman–Crippen MR) is 112 cm³/mol. The molecule has 0 radical (unpaired) electrons. The van der Waals surface area contributed by atoms with Gasteiger partial charge in [0.2, 0.25) is 0 Å². The second-order valence-corrected chi connectivity index (χ2v) is 7.53. The van der Waals surface area contributed by atoms with Gasteiger partial charge in [-0.25, -0.2) is 9.78 Å². The smallest absolute Gasteiger partial charge is 0.328 e. The van der Waals surface area contributed by atoms with Gasteiger partial charge in [-0.1, -0.05) is 24.3 Å². The van der Waals surface area contributed by atoms with Crippen molar-refractivity contribution in [2.45, 2.75) is 32.0 Å². The number of nitrogens with one attached hydrogen (secondary N) is 1. The van der Waals surface area contributed by atoms with E-state index >= 15 is 0 Å². The predicted octanol–water partition coefficient (Wildman–Crippen LogP) is 1.24. The van der Waals surface area contributed by atoms with Crippen molar-refractivity contribution in [1.82, 2.24) is 24.4 Å². The van der Waals surface area contributed by atoms with E-state index in [0.717, 1.165) is 24.1 Å². The summed E-state index contributed by atoms with van der Waals surface area (Å²) in [5.74, 6) is -0.776. The molecule has 164 valence electrons. The van der Waals surface area contributed by atoms with E-state index in [9.17, 15) is 14.7 Å². The van der Waals surface area contributed by atoms with E-state index in [4.69, 9.17) is 9.47 Å². The summed E-state index contributed by atoms with van der Waals surface area (Å²) in [6.07, 6.45) is 3.09. The summed E-state index contributed by atoms with van der Waals surface area (Å²) in [7, 11) is 1.58. The fourth-order valence-electron chi connectivity index (χ4n) is 3.90. The van der Waals surface area contributed by atoms with Crippen molar-refractivity contribution in [3.05, 3.63) is 52.1 Å². The number of carboxylic acids is 1. The highest BCUT2D eigenvalue weighted by Gasteiger charge is 2.30. The minimum atomic E-state index is -0.776. The monoisotopic (exact) mass is 427 g/mol. The zero-order valence-electron chi connectivity index (χ0n) is 17.3. The average molecular weight is 427 g/mol. The maximum atomic E-state index is 12.5. The number of aliphatic carboxylic acids is 1. The minimum absolute atomic E-state index is 0.180. The van der Waals surface area contributed by atoms with Crippen molar-refractivity contribution in [3.8, 4) is 6.01 Å². The van der Waals surface area contributed by atoms with Gasteiger partial charge in [-0.15, -0.1) is 0 Å². The van der Waals surface area contributed by atoms with E-state index in [2.05, 4.69) is 15.0 Å². The van der Waals surface area contributed by atoms with E-state index in [1.165, 1.54) is 10.8 Å². The van der Waals surface area contributed by atoms with Crippen LogP contribution in [-0.4, -0.2) is 68.4 Å². The Kier molecular flexibility index (Phi) is 6.28. The molecular weight excluding hydrogens is 402 g/mol. The van der Waals surface area contributed by atoms with Crippen LogP contribution in [0.1, 0.15) is 24.0 Å². The van der Waals surface area contributed by atoms with Gasteiger partial charge in [0.1, 0.15) is 18.2 Å². The van der Waals surface area contributed by atoms with E-state index < -0.39 is 12.0 Å². The molecule has 1 saturated heterocycles. The molecule has 2 N–H and O–H groups in total. The summed E-state index contributed by atoms with van der Waals surface area (Å²) in [4.78, 5) is 37.2. The number of aromatic nitrogens is 4. The number of benzene rings is 1. The first-order valence-corrected chi connectivity index (χ1v) is 10.2. The van der Waals surface area contributed by atoms with Crippen LogP contribution in [0.4, 0.5) is 0 Å². The Labute approximate surface area is 178 Å². The zero-order valence-corrected chi connectivity index (χ0v) is 17.3. The number of carboxylic acid groups (broad SMARTS) is 1. The Morgan fingerprint density at radius 3 is 2.87 bits per heavy atom. The maximum absolute atomic E-state index is 12.5. The molecule has 3 aromatic rings. The number of aromatic amines is 1. The zero-order chi connectivity index (χ0) is 21.8. The molecule has 1 aliphatic heterocycles. The van der Waals surface area contributed by atoms with Crippen molar-refractivity contribution in [1.29, 1.82) is 0 Å². The minimum Gasteiger partial charge on any atom is -0.480 e. The van der Waals surface area contributed by atoms with Crippen molar-refractivity contribution < 1.29 is 19.4 Å². The molecule has 0 spiro atoms. The summed E-state index contributed by atoms with van der Waals surface area (Å²) >= 11 is 0. The van der Waals surface area contributed by atoms with Gasteiger partial charge in [-0.2, -0.15) is 4.98 Å². The van der Waals surface area contributed by atoms with Gasteiger partial charge in [-0.05, 0) is 30.5 Å². The van der Waals surface area contributed by atoms with Crippen LogP contribution in [0.25, 0.3) is 11.2 Å². The highest BCUT2D eigenvalue weighted by molar-refractivity contribution is 5.73. The number of hydrogen-bond acceptors (Lipinski definition) is 7. The van der Waals surface area contributed by atoms with Crippen molar-refractivity contribution in [2.24, 2.45) is 0 Å². The third-order valence-electron chi connectivity index (χ3n) is 5.37. The molecule has 0 saturated carbocycles. The lowest BCUT2D eigenvalue weighted by Gasteiger charge is -2.21. The standard InChI is InChI=1S/C21H25N5O5/c1-30-8-9-31-20-22-11-16-18(24-20)26(21(29)23-16)13-15-5-2-4-14(10-15)12-25-7-3-6-17(25)19(27)28/h2,4-5,10-11,17H,3,6-9,12-13H2,1H3,(H,23,29)(H,27,28)/t17-/m0/s1. The largest absolute Gasteiger partial charge is 0.480 e. The molecule has 0 amide bonds. The van der Waals surface area contributed by atoms with Crippen LogP contribution in [0.5, 0.6) is 6.01 Å². The molecule has 31 heavy (non-hydrogen) atoms. The van der Waals surface area contributed by atoms with Crippen molar-refractivity contribution in [3.63, 3.8) is 0 Å². The third-order valence-corrected chi connectivity index (χ3v) is 5.37. The molecule has 0 bridgehead atoms. The Balaban J connectivity index is 1.54. The van der Waals surface area contributed by atoms with Crippen LogP contribution in [0.15, 0.2) is 35.3 Å². The Morgan fingerprint density at radius 1 is 1.29 bits per heavy atom. The number of hydrogen-bond donors (Lipinski definition) is 2. The van der Waals surface area contributed by atoms with Gasteiger partial charge in [0.15, 0.2) is 5.65 Å². The lowest BCUT2D eigenvalue weighted by molar-refractivity contribution is -0.142. The number of nitrogens with zero attached hydrogens (tertiary/aromatic N) is 4. The second kappa shape index (κ2) is 9.27. The molecule has 1 aromatic carbocycles. The summed E-state index contributed by atoms with van der Waals surface area (Å²) in [6, 6.07) is 7.57. The topological polar surface area (TPSA) is 123 Å². The third kappa shape index (κ3) is 4.75. The summed E-state index contributed by atoms with van der Waals surface area (Å²) in [5, 5.41) is 9.40. The Hall–Kier alpha value is -3.24. The molecule has 10 nitrogen and oxygen atoms in total. The lowest BCUT2D eigenvalue weighted by Crippen LogP contribution is -2.35. The molecular formula is C21H25N5O5. The van der Waals surface area contributed by atoms with E-state index in [1.807, 2.05) is 29.2 Å². The number of methoxy groups -OCH3 is 1. The lowest BCUT2D eigenvalue weighted by atomic mass is 10.1. The van der Waals surface area contributed by atoms with E-state index in [-0.39, 0.29) is 11.7 Å². The number of imidazole rings is 1. The van der Waals surface area contributed by atoms with Crippen LogP contribution >= 0.6 is 0 Å². The summed E-state index contributed by atoms with van der Waals surface area (Å²) in [5.41, 5.74) is 2.64. The van der Waals surface area contributed by atoms with Crippen LogP contribution < -0.4 is 10.4 Å². The van der Waals surface area contributed by atoms with Crippen LogP contribution in [-0.2, 0) is 22.6 Å². The molecule has 1 fully saturated rings. The summed E-state index contributed by atoms with van der Waals surface area (Å²) in [6.45, 7) is 2.38. The number of ether oxygens (including phenoxy) is 2. The van der Waals surface area contributed by atoms with Crippen LogP contribution in [0.3, 0.4) is 0 Å². The number of rotatable bonds is 9. The van der Waals surface area contributed by atoms with Gasteiger partial charge in [0.25, 0.3) is 0 Å². The molecule has 2 aromatic heterocycles. The SMILES string of the molecule is COCCOc1ncc2[nH]c(=O)n(Cc3cccc(CN4CCC[C@H]4C(=O)O)c3)c2n1. The molecule has 1 aliphatic rings. The molecule has 10 heteroatoms. The fraction of sp³-hybridized carbons (Fsp3) is 0.429. The van der Waals surface area contributed by atoms with Gasteiger partial charge >= 0.3 is 17.7 Å². The van der Waals surface area contributed by atoms with Gasteiger partial charge in [0.05, 0.1) is 19.3 Å². The van der Waals surface area contributed by atoms with Gasteiger partial charge < -0.3 is 19.6 Å². The van der Waals surface area contributed by atoms with Gasteiger partial charge in [0, 0.05) is 13.7 Å². The number of H-pyrrole nitrogens is 1. The highest BCUT2D eigenvalue weighted by atomic mass is 16.5. The second-order valence-electron chi connectivity index (χ2n) is 7.53. The number of carbonyl (C=O) groups is 1. The summed E-state index contributed by atoms with van der Waals surface area (Å²) < 4.78 is 12.0. The molecule has 1 atom stereocenters.